The number of rotatable bonds is 1. The van der Waals surface area contributed by atoms with E-state index in [-0.39, 0.29) is 12.1 Å². The molecule has 1 rings (SSSR count). The smallest absolute Gasteiger partial charge is 0.304 e. The van der Waals surface area contributed by atoms with Crippen molar-refractivity contribution in [3.05, 3.63) is 0 Å². The highest BCUT2D eigenvalue weighted by molar-refractivity contribution is 5.66. The SMILES string of the molecule is CC(=O)O[C@@H]1C[C@H](C)OC(C)(C)O1. The van der Waals surface area contributed by atoms with Crippen LogP contribution in [-0.2, 0) is 19.0 Å². The van der Waals surface area contributed by atoms with E-state index < -0.39 is 12.1 Å². The second kappa shape index (κ2) is 3.64. The van der Waals surface area contributed by atoms with Crippen LogP contribution in [0.3, 0.4) is 0 Å². The summed E-state index contributed by atoms with van der Waals surface area (Å²) in [6.45, 7) is 6.91. The number of hydrogen-bond acceptors (Lipinski definition) is 4. The molecule has 0 aliphatic carbocycles. The predicted octanol–water partition coefficient (Wildman–Crippen LogP) is 1.44. The maximum absolute atomic E-state index is 10.7. The van der Waals surface area contributed by atoms with Crippen LogP contribution in [0.1, 0.15) is 34.1 Å². The minimum absolute atomic E-state index is 0.0492. The van der Waals surface area contributed by atoms with Gasteiger partial charge in [0, 0.05) is 13.3 Å². The molecule has 0 aromatic rings. The summed E-state index contributed by atoms with van der Waals surface area (Å²) in [6.07, 6.45) is 0.160. The van der Waals surface area contributed by atoms with E-state index in [4.69, 9.17) is 14.2 Å². The summed E-state index contributed by atoms with van der Waals surface area (Å²) >= 11 is 0. The van der Waals surface area contributed by atoms with E-state index in [1.807, 2.05) is 6.92 Å². The lowest BCUT2D eigenvalue weighted by Crippen LogP contribution is -2.45. The first kappa shape index (κ1) is 10.5. The van der Waals surface area contributed by atoms with Crippen molar-refractivity contribution in [1.29, 1.82) is 0 Å². The van der Waals surface area contributed by atoms with Crippen molar-refractivity contribution in [1.82, 2.24) is 0 Å². The second-order valence-electron chi connectivity index (χ2n) is 3.72. The number of esters is 1. The van der Waals surface area contributed by atoms with E-state index in [9.17, 15) is 4.79 Å². The number of carbonyl (C=O) groups is 1. The lowest BCUT2D eigenvalue weighted by atomic mass is 10.2. The fraction of sp³-hybridized carbons (Fsp3) is 0.889. The van der Waals surface area contributed by atoms with E-state index in [2.05, 4.69) is 0 Å². The van der Waals surface area contributed by atoms with E-state index in [0.29, 0.717) is 6.42 Å². The lowest BCUT2D eigenvalue weighted by Gasteiger charge is -2.38. The van der Waals surface area contributed by atoms with Crippen molar-refractivity contribution in [2.75, 3.05) is 0 Å². The van der Waals surface area contributed by atoms with E-state index in [0.717, 1.165) is 0 Å². The summed E-state index contributed by atoms with van der Waals surface area (Å²) in [4.78, 5) is 10.7. The summed E-state index contributed by atoms with van der Waals surface area (Å²) in [5, 5.41) is 0. The Kier molecular flexibility index (Phi) is 2.93. The fourth-order valence-electron chi connectivity index (χ4n) is 1.45. The Morgan fingerprint density at radius 2 is 2.08 bits per heavy atom. The third-order valence-electron chi connectivity index (χ3n) is 1.72. The highest BCUT2D eigenvalue weighted by Crippen LogP contribution is 2.26. The van der Waals surface area contributed by atoms with E-state index in [1.165, 1.54) is 6.92 Å². The number of carbonyl (C=O) groups excluding carboxylic acids is 1. The van der Waals surface area contributed by atoms with Crippen LogP contribution in [0.5, 0.6) is 0 Å². The van der Waals surface area contributed by atoms with Crippen molar-refractivity contribution in [2.45, 2.75) is 52.3 Å². The Morgan fingerprint density at radius 1 is 1.46 bits per heavy atom. The maximum Gasteiger partial charge on any atom is 0.304 e. The van der Waals surface area contributed by atoms with Gasteiger partial charge in [-0.05, 0) is 20.8 Å². The van der Waals surface area contributed by atoms with Gasteiger partial charge in [0.25, 0.3) is 0 Å². The lowest BCUT2D eigenvalue weighted by molar-refractivity contribution is -0.339. The quantitative estimate of drug-likeness (QED) is 0.584. The van der Waals surface area contributed by atoms with Gasteiger partial charge in [-0.15, -0.1) is 0 Å². The number of hydrogen-bond donors (Lipinski definition) is 0. The van der Waals surface area contributed by atoms with E-state index >= 15 is 0 Å². The average molecular weight is 188 g/mol. The van der Waals surface area contributed by atoms with Crippen molar-refractivity contribution in [3.63, 3.8) is 0 Å². The highest BCUT2D eigenvalue weighted by atomic mass is 16.8. The molecular weight excluding hydrogens is 172 g/mol. The molecule has 0 N–H and O–H groups in total. The van der Waals surface area contributed by atoms with Gasteiger partial charge < -0.3 is 14.2 Å². The van der Waals surface area contributed by atoms with Crippen molar-refractivity contribution in [2.24, 2.45) is 0 Å². The van der Waals surface area contributed by atoms with Crippen molar-refractivity contribution >= 4 is 5.97 Å². The van der Waals surface area contributed by atoms with Crippen LogP contribution in [-0.4, -0.2) is 24.2 Å². The van der Waals surface area contributed by atoms with E-state index in [1.54, 1.807) is 13.8 Å². The van der Waals surface area contributed by atoms with Gasteiger partial charge in [-0.3, -0.25) is 4.79 Å². The topological polar surface area (TPSA) is 44.8 Å². The number of ether oxygens (including phenoxy) is 3. The minimum Gasteiger partial charge on any atom is -0.436 e. The van der Waals surface area contributed by atoms with Crippen molar-refractivity contribution < 1.29 is 19.0 Å². The third-order valence-corrected chi connectivity index (χ3v) is 1.72. The molecule has 0 aromatic heterocycles. The van der Waals surface area contributed by atoms with Crippen LogP contribution in [0.25, 0.3) is 0 Å². The minimum atomic E-state index is -0.669. The summed E-state index contributed by atoms with van der Waals surface area (Å²) in [7, 11) is 0. The normalized spacial score (nSPS) is 32.6. The zero-order valence-corrected chi connectivity index (χ0v) is 8.49. The molecule has 1 aliphatic heterocycles. The Bertz CT molecular complexity index is 200. The van der Waals surface area contributed by atoms with Crippen LogP contribution < -0.4 is 0 Å². The van der Waals surface area contributed by atoms with Gasteiger partial charge in [0.05, 0.1) is 6.10 Å². The molecule has 4 heteroatoms. The largest absolute Gasteiger partial charge is 0.436 e. The van der Waals surface area contributed by atoms with Gasteiger partial charge in [-0.25, -0.2) is 0 Å². The monoisotopic (exact) mass is 188 g/mol. The van der Waals surface area contributed by atoms with Gasteiger partial charge >= 0.3 is 5.97 Å². The molecule has 76 valence electrons. The summed E-state index contributed by atoms with van der Waals surface area (Å²) in [6, 6.07) is 0. The summed E-state index contributed by atoms with van der Waals surface area (Å²) < 4.78 is 15.8. The molecule has 1 aliphatic rings. The van der Waals surface area contributed by atoms with Crippen LogP contribution >= 0.6 is 0 Å². The van der Waals surface area contributed by atoms with Crippen LogP contribution in [0.4, 0.5) is 0 Å². The first-order valence-corrected chi connectivity index (χ1v) is 4.42. The van der Waals surface area contributed by atoms with Crippen molar-refractivity contribution in [3.8, 4) is 0 Å². The zero-order chi connectivity index (χ0) is 10.1. The molecule has 13 heavy (non-hydrogen) atoms. The molecule has 0 bridgehead atoms. The maximum atomic E-state index is 10.7. The molecule has 0 spiro atoms. The highest BCUT2D eigenvalue weighted by Gasteiger charge is 2.34. The first-order valence-electron chi connectivity index (χ1n) is 4.42. The molecule has 1 heterocycles. The van der Waals surface area contributed by atoms with Crippen LogP contribution in [0.15, 0.2) is 0 Å². The Hall–Kier alpha value is -0.610. The van der Waals surface area contributed by atoms with Crippen LogP contribution in [0.2, 0.25) is 0 Å². The molecular formula is C9H16O4. The molecule has 1 fully saturated rings. The molecule has 0 radical (unpaired) electrons. The molecule has 0 aromatic carbocycles. The standard InChI is InChI=1S/C9H16O4/c1-6-5-8(11-7(2)10)13-9(3,4)12-6/h6,8H,5H2,1-4H3/t6-,8-/m0/s1. The average Bonchev–Trinajstić information content (AvgIpc) is 1.78. The Morgan fingerprint density at radius 3 is 2.54 bits per heavy atom. The van der Waals surface area contributed by atoms with Gasteiger partial charge in [0.1, 0.15) is 0 Å². The Labute approximate surface area is 78.2 Å². The molecule has 0 saturated carbocycles. The molecule has 1 saturated heterocycles. The zero-order valence-electron chi connectivity index (χ0n) is 8.49. The molecule has 4 nitrogen and oxygen atoms in total. The van der Waals surface area contributed by atoms with Gasteiger partial charge in [-0.1, -0.05) is 0 Å². The summed E-state index contributed by atoms with van der Waals surface area (Å²) in [5.41, 5.74) is 0. The molecule has 0 amide bonds. The second-order valence-corrected chi connectivity index (χ2v) is 3.72. The summed E-state index contributed by atoms with van der Waals surface area (Å²) in [5.74, 6) is -0.993. The van der Waals surface area contributed by atoms with Crippen LogP contribution in [0, 0.1) is 0 Å². The molecule has 2 atom stereocenters. The molecule has 0 unspecified atom stereocenters. The predicted molar refractivity (Wildman–Crippen MR) is 45.9 cm³/mol. The first-order chi connectivity index (χ1) is 5.89. The van der Waals surface area contributed by atoms with Gasteiger partial charge in [0.15, 0.2) is 5.79 Å². The third kappa shape index (κ3) is 3.32. The Balaban J connectivity index is 2.52. The fourth-order valence-corrected chi connectivity index (χ4v) is 1.45. The van der Waals surface area contributed by atoms with Gasteiger partial charge in [0.2, 0.25) is 6.29 Å². The van der Waals surface area contributed by atoms with Gasteiger partial charge in [-0.2, -0.15) is 0 Å².